The molecule has 0 spiro atoms. The Morgan fingerprint density at radius 2 is 1.33 bits per heavy atom. The summed E-state index contributed by atoms with van der Waals surface area (Å²) in [4.78, 5) is 0. The summed E-state index contributed by atoms with van der Waals surface area (Å²) < 4.78 is 0. The minimum atomic E-state index is -0.402. The van der Waals surface area contributed by atoms with Gasteiger partial charge >= 0.3 is 0 Å². The first kappa shape index (κ1) is 11.3. The topological polar surface area (TPSA) is 20.2 Å². The average molecular weight is 251 g/mol. The lowest BCUT2D eigenvalue weighted by Gasteiger charge is -2.07. The van der Waals surface area contributed by atoms with Crippen LogP contribution in [0.1, 0.15) is 0 Å². The van der Waals surface area contributed by atoms with Crippen molar-refractivity contribution in [2.45, 2.75) is 13.1 Å². The molecule has 0 saturated carbocycles. The van der Waals surface area contributed by atoms with Crippen LogP contribution < -0.4 is 5.19 Å². The van der Waals surface area contributed by atoms with Crippen molar-refractivity contribution in [3.8, 4) is 5.75 Å². The van der Waals surface area contributed by atoms with E-state index in [1.165, 1.54) is 21.3 Å². The average Bonchev–Trinajstić information content (AvgIpc) is 2.35. The Balaban J connectivity index is 2.31. The molecule has 3 aromatic carbocycles. The number of phenols is 1. The molecule has 3 aromatic rings. The van der Waals surface area contributed by atoms with E-state index in [9.17, 15) is 5.11 Å². The van der Waals surface area contributed by atoms with E-state index in [1.807, 2.05) is 12.1 Å². The van der Waals surface area contributed by atoms with Crippen molar-refractivity contribution in [1.82, 2.24) is 0 Å². The quantitative estimate of drug-likeness (QED) is 0.517. The molecule has 18 heavy (non-hydrogen) atoms. The fraction of sp³-hybridized carbons (Fsp3) is 0.125. The molecule has 0 aliphatic carbocycles. The largest absolute Gasteiger partial charge is 0.508 e. The summed E-state index contributed by atoms with van der Waals surface area (Å²) >= 11 is 0. The van der Waals surface area contributed by atoms with E-state index >= 15 is 0 Å². The fourth-order valence-electron chi connectivity index (χ4n) is 2.30. The molecule has 2 heteroatoms. The molecule has 1 nitrogen and oxygen atoms in total. The maximum absolute atomic E-state index is 9.52. The van der Waals surface area contributed by atoms with Gasteiger partial charge in [0.25, 0.3) is 0 Å². The maximum atomic E-state index is 9.52. The Bertz CT molecular complexity index is 732. The van der Waals surface area contributed by atoms with Gasteiger partial charge in [0.05, 0.1) is 8.80 Å². The predicted octanol–water partition coefficient (Wildman–Crippen LogP) is 3.66. The Morgan fingerprint density at radius 3 is 2.00 bits per heavy atom. The molecule has 0 unspecified atom stereocenters. The Kier molecular flexibility index (Phi) is 2.60. The molecular formula is C16H15OSi. The SMILES string of the molecule is C[Si](C)c1ccc2cc3cc(O)ccc3cc2c1. The maximum Gasteiger partial charge on any atom is 0.116 e. The van der Waals surface area contributed by atoms with Crippen LogP contribution in [0.5, 0.6) is 5.75 Å². The van der Waals surface area contributed by atoms with Crippen LogP contribution in [0.2, 0.25) is 13.1 Å². The fourth-order valence-corrected chi connectivity index (χ4v) is 3.16. The molecule has 0 heterocycles. The Labute approximate surface area is 108 Å². The summed E-state index contributed by atoms with van der Waals surface area (Å²) in [5.74, 6) is 0.325. The van der Waals surface area contributed by atoms with Crippen molar-refractivity contribution in [2.75, 3.05) is 0 Å². The van der Waals surface area contributed by atoms with Crippen LogP contribution in [-0.4, -0.2) is 13.9 Å². The first-order chi connectivity index (χ1) is 8.63. The summed E-state index contributed by atoms with van der Waals surface area (Å²) in [6.07, 6.45) is 0. The second-order valence-corrected chi connectivity index (χ2v) is 7.52. The molecule has 3 rings (SSSR count). The highest BCUT2D eigenvalue weighted by Crippen LogP contribution is 2.25. The van der Waals surface area contributed by atoms with E-state index in [0.717, 1.165) is 5.39 Å². The third-order valence-corrected chi connectivity index (χ3v) is 4.82. The van der Waals surface area contributed by atoms with Crippen molar-refractivity contribution in [3.63, 3.8) is 0 Å². The van der Waals surface area contributed by atoms with Crippen LogP contribution in [0.4, 0.5) is 0 Å². The smallest absolute Gasteiger partial charge is 0.116 e. The zero-order valence-corrected chi connectivity index (χ0v) is 11.6. The molecule has 0 fully saturated rings. The van der Waals surface area contributed by atoms with E-state index in [1.54, 1.807) is 6.07 Å². The van der Waals surface area contributed by atoms with Crippen LogP contribution in [0.15, 0.2) is 48.5 Å². The van der Waals surface area contributed by atoms with Gasteiger partial charge < -0.3 is 5.11 Å². The molecule has 0 aromatic heterocycles. The van der Waals surface area contributed by atoms with Gasteiger partial charge in [-0.3, -0.25) is 0 Å². The lowest BCUT2D eigenvalue weighted by Crippen LogP contribution is -2.21. The number of fused-ring (bicyclic) bond motifs is 2. The first-order valence-corrected chi connectivity index (χ1v) is 8.60. The summed E-state index contributed by atoms with van der Waals surface area (Å²) in [7, 11) is -0.402. The highest BCUT2D eigenvalue weighted by molar-refractivity contribution is 6.70. The van der Waals surface area contributed by atoms with Gasteiger partial charge in [0.15, 0.2) is 0 Å². The van der Waals surface area contributed by atoms with Crippen LogP contribution in [0, 0.1) is 0 Å². The summed E-state index contributed by atoms with van der Waals surface area (Å²) in [6, 6.07) is 16.6. The number of phenolic OH excluding ortho intramolecular Hbond substituents is 1. The molecule has 0 aliphatic heterocycles. The van der Waals surface area contributed by atoms with Gasteiger partial charge in [-0.05, 0) is 45.8 Å². The molecule has 0 atom stereocenters. The molecule has 0 aliphatic rings. The van der Waals surface area contributed by atoms with Crippen molar-refractivity contribution in [3.05, 3.63) is 48.5 Å². The number of aromatic hydroxyl groups is 1. The summed E-state index contributed by atoms with van der Waals surface area (Å²) in [5, 5.41) is 15.8. The van der Waals surface area contributed by atoms with Crippen LogP contribution in [0.3, 0.4) is 0 Å². The summed E-state index contributed by atoms with van der Waals surface area (Å²) in [5.41, 5.74) is 0. The number of hydrogen-bond acceptors (Lipinski definition) is 1. The third-order valence-electron chi connectivity index (χ3n) is 3.36. The zero-order chi connectivity index (χ0) is 12.7. The van der Waals surface area contributed by atoms with Crippen LogP contribution in [0.25, 0.3) is 21.5 Å². The summed E-state index contributed by atoms with van der Waals surface area (Å²) in [6.45, 7) is 4.62. The first-order valence-electron chi connectivity index (χ1n) is 6.10. The van der Waals surface area contributed by atoms with Gasteiger partial charge in [-0.1, -0.05) is 42.5 Å². The molecule has 89 valence electrons. The van der Waals surface area contributed by atoms with Gasteiger partial charge in [-0.15, -0.1) is 0 Å². The van der Waals surface area contributed by atoms with Gasteiger partial charge in [0.1, 0.15) is 5.75 Å². The number of benzene rings is 3. The lowest BCUT2D eigenvalue weighted by molar-refractivity contribution is 0.476. The lowest BCUT2D eigenvalue weighted by atomic mass is 10.0. The van der Waals surface area contributed by atoms with Crippen LogP contribution in [-0.2, 0) is 0 Å². The molecule has 0 amide bonds. The van der Waals surface area contributed by atoms with Crippen molar-refractivity contribution < 1.29 is 5.11 Å². The van der Waals surface area contributed by atoms with Gasteiger partial charge in [-0.2, -0.15) is 0 Å². The number of rotatable bonds is 1. The zero-order valence-electron chi connectivity index (χ0n) is 10.6. The molecule has 1 N–H and O–H groups in total. The second kappa shape index (κ2) is 4.14. The van der Waals surface area contributed by atoms with Crippen molar-refractivity contribution >= 4 is 35.5 Å². The minimum Gasteiger partial charge on any atom is -0.508 e. The van der Waals surface area contributed by atoms with Gasteiger partial charge in [0.2, 0.25) is 0 Å². The van der Waals surface area contributed by atoms with E-state index < -0.39 is 8.80 Å². The van der Waals surface area contributed by atoms with Crippen LogP contribution >= 0.6 is 0 Å². The second-order valence-electron chi connectivity index (χ2n) is 4.95. The normalized spacial score (nSPS) is 11.5. The molecular weight excluding hydrogens is 236 g/mol. The highest BCUT2D eigenvalue weighted by Gasteiger charge is 2.04. The predicted molar refractivity (Wildman–Crippen MR) is 80.2 cm³/mol. The standard InChI is InChI=1S/C16H15OSi/c1-18(2)16-6-4-12-7-13-9-15(17)5-3-11(13)8-14(12)10-16/h3-10,17H,1-2H3. The Morgan fingerprint density at radius 1 is 0.722 bits per heavy atom. The number of hydrogen-bond donors (Lipinski definition) is 1. The van der Waals surface area contributed by atoms with E-state index in [2.05, 4.69) is 43.4 Å². The van der Waals surface area contributed by atoms with Gasteiger partial charge in [0, 0.05) is 0 Å². The Hall–Kier alpha value is -1.80. The third kappa shape index (κ3) is 1.89. The minimum absolute atomic E-state index is 0.325. The monoisotopic (exact) mass is 251 g/mol. The van der Waals surface area contributed by atoms with Gasteiger partial charge in [-0.25, -0.2) is 0 Å². The highest BCUT2D eigenvalue weighted by atomic mass is 28.3. The molecule has 0 bridgehead atoms. The molecule has 1 radical (unpaired) electrons. The van der Waals surface area contributed by atoms with E-state index in [-0.39, 0.29) is 0 Å². The van der Waals surface area contributed by atoms with Crippen molar-refractivity contribution in [2.24, 2.45) is 0 Å². The molecule has 0 saturated heterocycles. The van der Waals surface area contributed by atoms with E-state index in [4.69, 9.17) is 0 Å². The van der Waals surface area contributed by atoms with Crippen molar-refractivity contribution in [1.29, 1.82) is 0 Å². The van der Waals surface area contributed by atoms with E-state index in [0.29, 0.717) is 5.75 Å².